The van der Waals surface area contributed by atoms with Gasteiger partial charge in [-0.2, -0.15) is 5.10 Å². The monoisotopic (exact) mass is 210 g/mol. The number of rotatable bonds is 0. The van der Waals surface area contributed by atoms with Gasteiger partial charge in [0, 0.05) is 11.1 Å². The molecule has 4 nitrogen and oxygen atoms in total. The van der Waals surface area contributed by atoms with Gasteiger partial charge in [-0.1, -0.05) is 0 Å². The number of nitrogens with one attached hydrogen (secondary N) is 1. The van der Waals surface area contributed by atoms with Gasteiger partial charge in [-0.3, -0.25) is 5.10 Å². The predicted octanol–water partition coefficient (Wildman–Crippen LogP) is 2.18. The Kier molecular flexibility index (Phi) is 3.76. The molecule has 2 heterocycles. The van der Waals surface area contributed by atoms with Crippen LogP contribution in [0.1, 0.15) is 21.5 Å². The van der Waals surface area contributed by atoms with Gasteiger partial charge in [0.15, 0.2) is 0 Å². The zero-order valence-corrected chi connectivity index (χ0v) is 9.64. The highest BCUT2D eigenvalue weighted by Gasteiger charge is 1.86. The Balaban J connectivity index is 0.000000140. The summed E-state index contributed by atoms with van der Waals surface area (Å²) in [6.45, 7) is 7.80. The zero-order valence-electron chi connectivity index (χ0n) is 8.83. The molecule has 0 spiro atoms. The third-order valence-corrected chi connectivity index (χ3v) is 2.27. The molecular weight excluding hydrogens is 196 g/mol. The number of aryl methyl sites for hydroxylation is 4. The van der Waals surface area contributed by atoms with E-state index >= 15 is 0 Å². The lowest BCUT2D eigenvalue weighted by Gasteiger charge is -1.68. The molecule has 2 rings (SSSR count). The van der Waals surface area contributed by atoms with Gasteiger partial charge < -0.3 is 0 Å². The lowest BCUT2D eigenvalue weighted by molar-refractivity contribution is 1.02. The van der Waals surface area contributed by atoms with E-state index in [1.165, 1.54) is 4.88 Å². The molecule has 0 amide bonds. The van der Waals surface area contributed by atoms with E-state index in [9.17, 15) is 0 Å². The summed E-state index contributed by atoms with van der Waals surface area (Å²) in [5.74, 6) is 1.68. The Hall–Kier alpha value is -1.23. The van der Waals surface area contributed by atoms with Crippen LogP contribution in [0.25, 0.3) is 0 Å². The van der Waals surface area contributed by atoms with E-state index in [0.717, 1.165) is 16.7 Å². The predicted molar refractivity (Wildman–Crippen MR) is 57.4 cm³/mol. The Morgan fingerprint density at radius 2 is 1.93 bits per heavy atom. The van der Waals surface area contributed by atoms with Gasteiger partial charge >= 0.3 is 0 Å². The molecule has 0 bridgehead atoms. The Labute approximate surface area is 87.4 Å². The van der Waals surface area contributed by atoms with Crippen molar-refractivity contribution in [1.29, 1.82) is 0 Å². The molecule has 0 aliphatic carbocycles. The summed E-state index contributed by atoms with van der Waals surface area (Å²) in [7, 11) is 0. The Morgan fingerprint density at radius 1 is 1.21 bits per heavy atom. The molecule has 76 valence electrons. The third kappa shape index (κ3) is 3.66. The van der Waals surface area contributed by atoms with Crippen molar-refractivity contribution in [3.63, 3.8) is 0 Å². The zero-order chi connectivity index (χ0) is 10.6. The summed E-state index contributed by atoms with van der Waals surface area (Å²) in [5, 5.41) is 7.64. The quantitative estimate of drug-likeness (QED) is 0.725. The van der Waals surface area contributed by atoms with Crippen LogP contribution in [0.4, 0.5) is 0 Å². The smallest absolute Gasteiger partial charge is 0.147 e. The number of hydrogen-bond donors (Lipinski definition) is 1. The van der Waals surface area contributed by atoms with Crippen LogP contribution in [0.3, 0.4) is 0 Å². The molecule has 0 atom stereocenters. The van der Waals surface area contributed by atoms with Gasteiger partial charge in [0.05, 0.1) is 5.01 Å². The second kappa shape index (κ2) is 4.85. The van der Waals surface area contributed by atoms with Gasteiger partial charge in [-0.05, 0) is 27.7 Å². The highest BCUT2D eigenvalue weighted by molar-refractivity contribution is 7.11. The summed E-state index contributed by atoms with van der Waals surface area (Å²) < 4.78 is 0. The summed E-state index contributed by atoms with van der Waals surface area (Å²) >= 11 is 1.73. The maximum Gasteiger partial charge on any atom is 0.147 e. The van der Waals surface area contributed by atoms with Crippen LogP contribution < -0.4 is 0 Å². The van der Waals surface area contributed by atoms with Crippen LogP contribution in [-0.2, 0) is 0 Å². The molecule has 0 saturated heterocycles. The average Bonchev–Trinajstić information content (AvgIpc) is 2.63. The molecule has 0 radical (unpaired) electrons. The van der Waals surface area contributed by atoms with Crippen LogP contribution in [0.2, 0.25) is 0 Å². The molecule has 5 heteroatoms. The molecule has 2 aromatic rings. The summed E-state index contributed by atoms with van der Waals surface area (Å²) in [6, 6.07) is 0. The number of aromatic amines is 1. The van der Waals surface area contributed by atoms with Gasteiger partial charge in [-0.15, -0.1) is 11.3 Å². The maximum absolute atomic E-state index is 4.03. The summed E-state index contributed by atoms with van der Waals surface area (Å²) in [5.41, 5.74) is 0. The minimum atomic E-state index is 0.803. The maximum atomic E-state index is 4.03. The van der Waals surface area contributed by atoms with E-state index < -0.39 is 0 Å². The summed E-state index contributed by atoms with van der Waals surface area (Å²) in [4.78, 5) is 9.27. The van der Waals surface area contributed by atoms with Crippen molar-refractivity contribution in [2.24, 2.45) is 0 Å². The van der Waals surface area contributed by atoms with Crippen molar-refractivity contribution in [3.05, 3.63) is 27.7 Å². The molecule has 1 N–H and O–H groups in total. The van der Waals surface area contributed by atoms with Crippen molar-refractivity contribution in [3.8, 4) is 0 Å². The van der Waals surface area contributed by atoms with Gasteiger partial charge in [0.2, 0.25) is 0 Å². The standard InChI is InChI=1S/C5H7NS.C4H7N3/c1-4-3-6-5(2)7-4;1-3-5-4(2)7-6-3/h3H,1-2H3;1-2H3,(H,5,6,7). The molecule has 0 fully saturated rings. The molecule has 0 unspecified atom stereocenters. The van der Waals surface area contributed by atoms with Crippen LogP contribution in [0, 0.1) is 27.7 Å². The first kappa shape index (κ1) is 10.8. The topological polar surface area (TPSA) is 54.5 Å². The fourth-order valence-electron chi connectivity index (χ4n) is 0.922. The van der Waals surface area contributed by atoms with Gasteiger partial charge in [0.1, 0.15) is 11.6 Å². The average molecular weight is 210 g/mol. The van der Waals surface area contributed by atoms with Gasteiger partial charge in [-0.25, -0.2) is 9.97 Å². The van der Waals surface area contributed by atoms with Crippen LogP contribution in [-0.4, -0.2) is 20.2 Å². The fourth-order valence-corrected chi connectivity index (χ4v) is 1.60. The van der Waals surface area contributed by atoms with Crippen molar-refractivity contribution in [1.82, 2.24) is 20.2 Å². The third-order valence-electron chi connectivity index (χ3n) is 1.45. The molecular formula is C9H14N4S. The van der Waals surface area contributed by atoms with E-state index in [-0.39, 0.29) is 0 Å². The summed E-state index contributed by atoms with van der Waals surface area (Å²) in [6.07, 6.45) is 1.89. The SMILES string of the molecule is Cc1cnc(C)s1.Cc1n[nH]c(C)n1. The van der Waals surface area contributed by atoms with E-state index in [1.54, 1.807) is 11.3 Å². The Bertz CT molecular complexity index is 320. The fraction of sp³-hybridized carbons (Fsp3) is 0.444. The molecule has 0 aromatic carbocycles. The first-order chi connectivity index (χ1) is 6.58. The number of aromatic nitrogens is 4. The van der Waals surface area contributed by atoms with Crippen molar-refractivity contribution >= 4 is 11.3 Å². The normalized spacial score (nSPS) is 9.43. The van der Waals surface area contributed by atoms with Crippen molar-refractivity contribution in [2.75, 3.05) is 0 Å². The van der Waals surface area contributed by atoms with Gasteiger partial charge in [0.25, 0.3) is 0 Å². The van der Waals surface area contributed by atoms with Crippen LogP contribution in [0.15, 0.2) is 6.20 Å². The largest absolute Gasteiger partial charge is 0.263 e. The highest BCUT2D eigenvalue weighted by Crippen LogP contribution is 2.07. The van der Waals surface area contributed by atoms with Crippen molar-refractivity contribution in [2.45, 2.75) is 27.7 Å². The van der Waals surface area contributed by atoms with Crippen LogP contribution >= 0.6 is 11.3 Å². The van der Waals surface area contributed by atoms with E-state index in [2.05, 4.69) is 27.1 Å². The van der Waals surface area contributed by atoms with Crippen LogP contribution in [0.5, 0.6) is 0 Å². The number of H-pyrrole nitrogens is 1. The molecule has 0 aliphatic rings. The van der Waals surface area contributed by atoms with E-state index in [0.29, 0.717) is 0 Å². The van der Waals surface area contributed by atoms with E-state index in [1.807, 2.05) is 27.0 Å². The number of nitrogens with zero attached hydrogens (tertiary/aromatic N) is 3. The second-order valence-corrected chi connectivity index (χ2v) is 4.40. The number of thiazole rings is 1. The molecule has 2 aromatic heterocycles. The highest BCUT2D eigenvalue weighted by atomic mass is 32.1. The molecule has 14 heavy (non-hydrogen) atoms. The first-order valence-electron chi connectivity index (χ1n) is 4.32. The lowest BCUT2D eigenvalue weighted by atomic mass is 10.6. The van der Waals surface area contributed by atoms with E-state index in [4.69, 9.17) is 0 Å². The first-order valence-corrected chi connectivity index (χ1v) is 5.14. The van der Waals surface area contributed by atoms with Crippen molar-refractivity contribution < 1.29 is 0 Å². The number of hydrogen-bond acceptors (Lipinski definition) is 4. The molecule has 0 saturated carbocycles. The molecule has 0 aliphatic heterocycles. The minimum Gasteiger partial charge on any atom is -0.263 e. The lowest BCUT2D eigenvalue weighted by Crippen LogP contribution is -1.70. The minimum absolute atomic E-state index is 0.803. The Morgan fingerprint density at radius 3 is 2.07 bits per heavy atom. The second-order valence-electron chi connectivity index (χ2n) is 2.96.